The summed E-state index contributed by atoms with van der Waals surface area (Å²) in [6.07, 6.45) is 3.15. The molecule has 1 aromatic rings. The molecule has 0 saturated heterocycles. The van der Waals surface area contributed by atoms with Gasteiger partial charge in [0.05, 0.1) is 11.5 Å². The van der Waals surface area contributed by atoms with Crippen LogP contribution in [0.3, 0.4) is 0 Å². The molecule has 0 aromatic carbocycles. The summed E-state index contributed by atoms with van der Waals surface area (Å²) in [5.41, 5.74) is 0. The first kappa shape index (κ1) is 15.0. The molecule has 2 N–H and O–H groups in total. The highest BCUT2D eigenvalue weighted by atomic mass is 32.2. The molecular weight excluding hydrogens is 282 g/mol. The highest BCUT2D eigenvalue weighted by Crippen LogP contribution is 2.30. The van der Waals surface area contributed by atoms with Crippen molar-refractivity contribution in [1.82, 2.24) is 4.72 Å². The van der Waals surface area contributed by atoms with Gasteiger partial charge in [-0.05, 0) is 24.3 Å². The van der Waals surface area contributed by atoms with E-state index in [-0.39, 0.29) is 17.5 Å². The van der Waals surface area contributed by atoms with Crippen molar-refractivity contribution in [1.29, 1.82) is 0 Å². The van der Waals surface area contributed by atoms with E-state index in [1.54, 1.807) is 11.4 Å². The number of nitrogens with one attached hydrogen (secondary N) is 1. The van der Waals surface area contributed by atoms with Crippen LogP contribution >= 0.6 is 11.3 Å². The van der Waals surface area contributed by atoms with Crippen LogP contribution in [0.2, 0.25) is 0 Å². The Morgan fingerprint density at radius 1 is 1.42 bits per heavy atom. The standard InChI is InChI=1S/C13H21NO3S2/c1-9-4-3-5-13(10(9)2)14-19(16,17)12-6-11(7-15)18-8-12/h6,8-10,13-15H,3-5,7H2,1-2H3. The topological polar surface area (TPSA) is 66.4 Å². The van der Waals surface area contributed by atoms with Crippen molar-refractivity contribution in [3.05, 3.63) is 16.3 Å². The molecule has 0 bridgehead atoms. The van der Waals surface area contributed by atoms with Gasteiger partial charge in [0, 0.05) is 16.3 Å². The van der Waals surface area contributed by atoms with Crippen molar-refractivity contribution in [3.8, 4) is 0 Å². The molecule has 1 heterocycles. The van der Waals surface area contributed by atoms with Crippen LogP contribution in [0.4, 0.5) is 0 Å². The van der Waals surface area contributed by atoms with Gasteiger partial charge in [-0.2, -0.15) is 0 Å². The fourth-order valence-electron chi connectivity index (χ4n) is 2.60. The van der Waals surface area contributed by atoms with Gasteiger partial charge in [-0.25, -0.2) is 13.1 Å². The van der Waals surface area contributed by atoms with Gasteiger partial charge in [-0.1, -0.05) is 26.7 Å². The Hall–Kier alpha value is -0.430. The molecular formula is C13H21NO3S2. The maximum Gasteiger partial charge on any atom is 0.241 e. The van der Waals surface area contributed by atoms with Crippen molar-refractivity contribution < 1.29 is 13.5 Å². The lowest BCUT2D eigenvalue weighted by atomic mass is 9.78. The zero-order valence-electron chi connectivity index (χ0n) is 11.3. The molecule has 3 unspecified atom stereocenters. The van der Waals surface area contributed by atoms with Crippen LogP contribution in [-0.4, -0.2) is 19.6 Å². The van der Waals surface area contributed by atoms with Gasteiger partial charge < -0.3 is 5.11 Å². The average Bonchev–Trinajstić information content (AvgIpc) is 2.84. The Bertz CT molecular complexity index is 524. The molecule has 1 saturated carbocycles. The van der Waals surface area contributed by atoms with Crippen molar-refractivity contribution in [3.63, 3.8) is 0 Å². The second-order valence-electron chi connectivity index (χ2n) is 5.40. The highest BCUT2D eigenvalue weighted by Gasteiger charge is 2.31. The average molecular weight is 303 g/mol. The Labute approximate surface area is 118 Å². The molecule has 0 amide bonds. The molecule has 3 atom stereocenters. The van der Waals surface area contributed by atoms with Gasteiger partial charge in [0.1, 0.15) is 0 Å². The van der Waals surface area contributed by atoms with Crippen LogP contribution in [0.15, 0.2) is 16.3 Å². The van der Waals surface area contributed by atoms with Gasteiger partial charge in [-0.15, -0.1) is 11.3 Å². The van der Waals surface area contributed by atoms with E-state index in [1.165, 1.54) is 17.8 Å². The SMILES string of the molecule is CC1CCCC(NS(=O)(=O)c2csc(CO)c2)C1C. The normalized spacial score (nSPS) is 28.5. The monoisotopic (exact) mass is 303 g/mol. The van der Waals surface area contributed by atoms with E-state index in [0.29, 0.717) is 16.7 Å². The quantitative estimate of drug-likeness (QED) is 0.897. The van der Waals surface area contributed by atoms with Crippen LogP contribution in [0.5, 0.6) is 0 Å². The molecule has 6 heteroatoms. The molecule has 1 fully saturated rings. The summed E-state index contributed by atoms with van der Waals surface area (Å²) < 4.78 is 27.4. The summed E-state index contributed by atoms with van der Waals surface area (Å²) in [6, 6.07) is 1.57. The first-order valence-corrected chi connectivity index (χ1v) is 9.01. The molecule has 1 aliphatic carbocycles. The third-order valence-electron chi connectivity index (χ3n) is 4.11. The maximum atomic E-state index is 12.3. The molecule has 0 radical (unpaired) electrons. The Kier molecular flexibility index (Phi) is 4.66. The van der Waals surface area contributed by atoms with Crippen molar-refractivity contribution >= 4 is 21.4 Å². The van der Waals surface area contributed by atoms with Gasteiger partial charge in [0.2, 0.25) is 10.0 Å². The predicted molar refractivity (Wildman–Crippen MR) is 76.5 cm³/mol. The Balaban J connectivity index is 2.12. The number of rotatable bonds is 4. The van der Waals surface area contributed by atoms with Gasteiger partial charge in [0.25, 0.3) is 0 Å². The Morgan fingerprint density at radius 2 is 2.16 bits per heavy atom. The number of aliphatic hydroxyl groups excluding tert-OH is 1. The van der Waals surface area contributed by atoms with E-state index in [4.69, 9.17) is 5.11 Å². The van der Waals surface area contributed by atoms with E-state index in [9.17, 15) is 8.42 Å². The summed E-state index contributed by atoms with van der Waals surface area (Å²) in [5, 5.41) is 10.6. The predicted octanol–water partition coefficient (Wildman–Crippen LogP) is 2.34. The molecule has 108 valence electrons. The highest BCUT2D eigenvalue weighted by molar-refractivity contribution is 7.89. The van der Waals surface area contributed by atoms with Crippen LogP contribution in [0, 0.1) is 11.8 Å². The fraction of sp³-hybridized carbons (Fsp3) is 0.692. The van der Waals surface area contributed by atoms with Crippen molar-refractivity contribution in [2.45, 2.75) is 50.7 Å². The third-order valence-corrected chi connectivity index (χ3v) is 6.65. The summed E-state index contributed by atoms with van der Waals surface area (Å²) in [4.78, 5) is 0.942. The summed E-state index contributed by atoms with van der Waals surface area (Å²) in [5.74, 6) is 0.913. The third kappa shape index (κ3) is 3.37. The van der Waals surface area contributed by atoms with E-state index in [0.717, 1.165) is 12.8 Å². The first-order valence-electron chi connectivity index (χ1n) is 6.64. The maximum absolute atomic E-state index is 12.3. The van der Waals surface area contributed by atoms with Crippen molar-refractivity contribution in [2.24, 2.45) is 11.8 Å². The summed E-state index contributed by atoms with van der Waals surface area (Å²) in [6.45, 7) is 4.18. The molecule has 1 aliphatic rings. The number of thiophene rings is 1. The van der Waals surface area contributed by atoms with Crippen LogP contribution in [0.1, 0.15) is 38.0 Å². The lowest BCUT2D eigenvalue weighted by Gasteiger charge is -2.34. The van der Waals surface area contributed by atoms with Crippen LogP contribution < -0.4 is 4.72 Å². The lowest BCUT2D eigenvalue weighted by molar-refractivity contribution is 0.227. The van der Waals surface area contributed by atoms with Gasteiger partial charge in [0.15, 0.2) is 0 Å². The number of aliphatic hydroxyl groups is 1. The first-order chi connectivity index (χ1) is 8.94. The van der Waals surface area contributed by atoms with Crippen molar-refractivity contribution in [2.75, 3.05) is 0 Å². The van der Waals surface area contributed by atoms with Crippen LogP contribution in [-0.2, 0) is 16.6 Å². The number of hydrogen-bond acceptors (Lipinski definition) is 4. The minimum Gasteiger partial charge on any atom is -0.391 e. The van der Waals surface area contributed by atoms with E-state index >= 15 is 0 Å². The zero-order valence-corrected chi connectivity index (χ0v) is 12.9. The molecule has 0 aliphatic heterocycles. The number of sulfonamides is 1. The van der Waals surface area contributed by atoms with Gasteiger partial charge >= 0.3 is 0 Å². The summed E-state index contributed by atoms with van der Waals surface area (Å²) >= 11 is 1.27. The molecule has 2 rings (SSSR count). The molecule has 19 heavy (non-hydrogen) atoms. The van der Waals surface area contributed by atoms with E-state index < -0.39 is 10.0 Å². The largest absolute Gasteiger partial charge is 0.391 e. The lowest BCUT2D eigenvalue weighted by Crippen LogP contribution is -2.43. The minimum atomic E-state index is -3.46. The van der Waals surface area contributed by atoms with Gasteiger partial charge in [-0.3, -0.25) is 0 Å². The fourth-order valence-corrected chi connectivity index (χ4v) is 5.10. The molecule has 1 aromatic heterocycles. The second-order valence-corrected chi connectivity index (χ2v) is 8.11. The number of hydrogen-bond donors (Lipinski definition) is 2. The van der Waals surface area contributed by atoms with E-state index in [1.807, 2.05) is 0 Å². The molecule has 0 spiro atoms. The Morgan fingerprint density at radius 3 is 2.79 bits per heavy atom. The molecule has 4 nitrogen and oxygen atoms in total. The van der Waals surface area contributed by atoms with Crippen LogP contribution in [0.25, 0.3) is 0 Å². The second kappa shape index (κ2) is 5.91. The summed E-state index contributed by atoms with van der Waals surface area (Å²) in [7, 11) is -3.46. The zero-order chi connectivity index (χ0) is 14.0. The smallest absolute Gasteiger partial charge is 0.241 e. The van der Waals surface area contributed by atoms with E-state index in [2.05, 4.69) is 18.6 Å². The minimum absolute atomic E-state index is 0.0197.